The Morgan fingerprint density at radius 2 is 2.08 bits per heavy atom. The Labute approximate surface area is 83.0 Å². The van der Waals surface area contributed by atoms with Crippen LogP contribution >= 0.6 is 0 Å². The second-order valence-corrected chi connectivity index (χ2v) is 3.42. The highest BCUT2D eigenvalue weighted by Crippen LogP contribution is 2.00. The van der Waals surface area contributed by atoms with E-state index >= 15 is 0 Å². The molecule has 0 N–H and O–H groups in total. The van der Waals surface area contributed by atoms with E-state index < -0.39 is 0 Å². The molecule has 0 aliphatic carbocycles. The molecule has 1 aromatic carbocycles. The molecule has 3 heteroatoms. The third kappa shape index (κ3) is 2.12. The lowest BCUT2D eigenvalue weighted by Crippen LogP contribution is -2.02. The fourth-order valence-electron chi connectivity index (χ4n) is 1.26. The standard InChI is InChI=1S/C10H10N2S/c13-10-6-7-12(11-10)8-9-4-2-1-3-5-9/h1-5,8H,6-7H2/b12-8+. The van der Waals surface area contributed by atoms with Crippen LogP contribution in [0.25, 0.3) is 0 Å². The second-order valence-electron chi connectivity index (χ2n) is 2.95. The van der Waals surface area contributed by atoms with Gasteiger partial charge in [0.1, 0.15) is 0 Å². The molecule has 66 valence electrons. The molecule has 0 fully saturated rings. The van der Waals surface area contributed by atoms with Crippen LogP contribution < -0.4 is 0 Å². The molecule has 1 aromatic rings. The minimum absolute atomic E-state index is 0.798. The predicted molar refractivity (Wildman–Crippen MR) is 56.2 cm³/mol. The summed E-state index contributed by atoms with van der Waals surface area (Å²) in [5.41, 5.74) is 1.16. The van der Waals surface area contributed by atoms with Crippen LogP contribution in [0.3, 0.4) is 0 Å². The molecule has 1 aliphatic rings. The van der Waals surface area contributed by atoms with Gasteiger partial charge in [-0.1, -0.05) is 22.9 Å². The highest BCUT2D eigenvalue weighted by molar-refractivity contribution is 7.77. The van der Waals surface area contributed by atoms with Crippen molar-refractivity contribution >= 4 is 23.9 Å². The van der Waals surface area contributed by atoms with E-state index in [-0.39, 0.29) is 0 Å². The largest absolute Gasteiger partial charge is 0.759 e. The van der Waals surface area contributed by atoms with Crippen molar-refractivity contribution in [3.8, 4) is 0 Å². The molecule has 0 radical (unpaired) electrons. The van der Waals surface area contributed by atoms with Crippen LogP contribution in [-0.2, 0) is 12.6 Å². The fraction of sp³-hybridized carbons (Fsp3) is 0.200. The van der Waals surface area contributed by atoms with Crippen LogP contribution in [-0.4, -0.2) is 22.5 Å². The monoisotopic (exact) mass is 190 g/mol. The maximum absolute atomic E-state index is 4.98. The Morgan fingerprint density at radius 1 is 1.31 bits per heavy atom. The highest BCUT2D eigenvalue weighted by Gasteiger charge is 2.09. The zero-order chi connectivity index (χ0) is 9.10. The van der Waals surface area contributed by atoms with Crippen LogP contribution in [0.4, 0.5) is 0 Å². The summed E-state index contributed by atoms with van der Waals surface area (Å²) in [5.74, 6) is 0. The molecule has 0 atom stereocenters. The smallest absolute Gasteiger partial charge is 0.203 e. The molecule has 2 rings (SSSR count). The van der Waals surface area contributed by atoms with Gasteiger partial charge in [-0.3, -0.25) is 0 Å². The van der Waals surface area contributed by atoms with Gasteiger partial charge in [-0.2, -0.15) is 0 Å². The number of hydrazone groups is 1. The number of hydrogen-bond acceptors (Lipinski definition) is 2. The summed E-state index contributed by atoms with van der Waals surface area (Å²) >= 11 is 4.98. The van der Waals surface area contributed by atoms with Crippen molar-refractivity contribution in [3.05, 3.63) is 35.9 Å². The molecule has 13 heavy (non-hydrogen) atoms. The van der Waals surface area contributed by atoms with Crippen molar-refractivity contribution < 1.29 is 4.68 Å². The lowest BCUT2D eigenvalue weighted by Gasteiger charge is -1.89. The molecule has 1 heterocycles. The Bertz CT molecular complexity index is 354. The molecule has 2 nitrogen and oxygen atoms in total. The first-order chi connectivity index (χ1) is 6.34. The Balaban J connectivity index is 2.22. The van der Waals surface area contributed by atoms with E-state index in [1.807, 2.05) is 29.1 Å². The third-order valence-electron chi connectivity index (χ3n) is 1.89. The minimum Gasteiger partial charge on any atom is -0.759 e. The normalized spacial score (nSPS) is 19.1. The molecular formula is C10H10N2S. The van der Waals surface area contributed by atoms with E-state index in [1.165, 1.54) is 0 Å². The van der Waals surface area contributed by atoms with Crippen LogP contribution in [0.1, 0.15) is 12.0 Å². The molecule has 1 aliphatic heterocycles. The van der Waals surface area contributed by atoms with Crippen LogP contribution in [0, 0.1) is 0 Å². The van der Waals surface area contributed by atoms with Crippen LogP contribution in [0.5, 0.6) is 0 Å². The topological polar surface area (TPSA) is 15.4 Å². The van der Waals surface area contributed by atoms with E-state index in [2.05, 4.69) is 17.2 Å². The molecule has 0 amide bonds. The number of nitrogens with zero attached hydrogens (tertiary/aromatic N) is 2. The van der Waals surface area contributed by atoms with Gasteiger partial charge in [0, 0.05) is 12.0 Å². The van der Waals surface area contributed by atoms with E-state index in [0.717, 1.165) is 23.6 Å². The molecule has 0 saturated carbocycles. The van der Waals surface area contributed by atoms with Crippen molar-refractivity contribution in [2.24, 2.45) is 5.10 Å². The Morgan fingerprint density at radius 3 is 2.69 bits per heavy atom. The summed E-state index contributed by atoms with van der Waals surface area (Å²) in [5, 5.41) is 4.99. The molecule has 0 saturated heterocycles. The van der Waals surface area contributed by atoms with Crippen molar-refractivity contribution in [3.63, 3.8) is 0 Å². The summed E-state index contributed by atoms with van der Waals surface area (Å²) in [6.45, 7) is 0.910. The van der Waals surface area contributed by atoms with Crippen LogP contribution in [0.15, 0.2) is 35.4 Å². The van der Waals surface area contributed by atoms with Gasteiger partial charge in [-0.25, -0.2) is 0 Å². The van der Waals surface area contributed by atoms with Crippen molar-refractivity contribution in [1.29, 1.82) is 0 Å². The average Bonchev–Trinajstić information content (AvgIpc) is 2.53. The van der Waals surface area contributed by atoms with Gasteiger partial charge in [-0.05, 0) is 22.3 Å². The van der Waals surface area contributed by atoms with Gasteiger partial charge < -0.3 is 12.6 Å². The first-order valence-corrected chi connectivity index (χ1v) is 4.66. The summed E-state index contributed by atoms with van der Waals surface area (Å²) in [4.78, 5) is 0. The third-order valence-corrected chi connectivity index (χ3v) is 2.18. The predicted octanol–water partition coefficient (Wildman–Crippen LogP) is 1.38. The SMILES string of the molecule is [S-]C1=N/[N+](=C/c2ccccc2)CC1. The Kier molecular flexibility index (Phi) is 2.36. The van der Waals surface area contributed by atoms with Gasteiger partial charge in [-0.15, -0.1) is 0 Å². The number of hydrogen-bond donors (Lipinski definition) is 0. The van der Waals surface area contributed by atoms with Gasteiger partial charge in [0.25, 0.3) is 0 Å². The zero-order valence-electron chi connectivity index (χ0n) is 7.18. The Hall–Kier alpha value is -1.22. The van der Waals surface area contributed by atoms with E-state index in [1.54, 1.807) is 0 Å². The van der Waals surface area contributed by atoms with Crippen LogP contribution in [0.2, 0.25) is 0 Å². The minimum atomic E-state index is 0.798. The first kappa shape index (κ1) is 8.38. The van der Waals surface area contributed by atoms with Crippen molar-refractivity contribution in [2.45, 2.75) is 6.42 Å². The lowest BCUT2D eigenvalue weighted by molar-refractivity contribution is -0.517. The van der Waals surface area contributed by atoms with Crippen molar-refractivity contribution in [2.75, 3.05) is 6.54 Å². The maximum Gasteiger partial charge on any atom is 0.203 e. The summed E-state index contributed by atoms with van der Waals surface area (Å²) in [6.07, 6.45) is 2.91. The molecule has 0 spiro atoms. The molecule has 0 aromatic heterocycles. The average molecular weight is 190 g/mol. The quantitative estimate of drug-likeness (QED) is 0.482. The van der Waals surface area contributed by atoms with Crippen molar-refractivity contribution in [1.82, 2.24) is 0 Å². The molecule has 0 bridgehead atoms. The fourth-order valence-corrected chi connectivity index (χ4v) is 1.45. The zero-order valence-corrected chi connectivity index (χ0v) is 8.00. The molecular weight excluding hydrogens is 180 g/mol. The van der Waals surface area contributed by atoms with E-state index in [4.69, 9.17) is 12.6 Å². The summed E-state index contributed by atoms with van der Waals surface area (Å²) < 4.78 is 1.90. The maximum atomic E-state index is 4.98. The van der Waals surface area contributed by atoms with Gasteiger partial charge in [0.2, 0.25) is 6.21 Å². The van der Waals surface area contributed by atoms with Gasteiger partial charge in [0.15, 0.2) is 6.54 Å². The van der Waals surface area contributed by atoms with E-state index in [0.29, 0.717) is 0 Å². The van der Waals surface area contributed by atoms with Gasteiger partial charge in [0.05, 0.1) is 0 Å². The number of rotatable bonds is 1. The summed E-state index contributed by atoms with van der Waals surface area (Å²) in [6, 6.07) is 10.1. The second kappa shape index (κ2) is 3.66. The molecule has 0 unspecified atom stereocenters. The number of benzene rings is 1. The summed E-state index contributed by atoms with van der Waals surface area (Å²) in [7, 11) is 0. The van der Waals surface area contributed by atoms with Gasteiger partial charge >= 0.3 is 0 Å². The van der Waals surface area contributed by atoms with E-state index in [9.17, 15) is 0 Å². The first-order valence-electron chi connectivity index (χ1n) is 4.26. The lowest BCUT2D eigenvalue weighted by atomic mass is 10.2. The highest BCUT2D eigenvalue weighted by atomic mass is 32.1.